The largest absolute Gasteiger partial charge is 0.358 e. The molecule has 8 heteroatoms. The lowest BCUT2D eigenvalue weighted by Crippen LogP contribution is -2.36. The molecule has 0 saturated heterocycles. The zero-order valence-electron chi connectivity index (χ0n) is 20.5. The number of halogens is 2. The lowest BCUT2D eigenvalue weighted by Gasteiger charge is -2.23. The molecule has 3 heterocycles. The van der Waals surface area contributed by atoms with E-state index in [-0.39, 0.29) is 17.4 Å². The number of carbonyl (C=O) groups is 2. The summed E-state index contributed by atoms with van der Waals surface area (Å²) in [5.41, 5.74) is 4.83. The Morgan fingerprint density at radius 3 is 2.58 bits per heavy atom. The maximum absolute atomic E-state index is 14.7. The summed E-state index contributed by atoms with van der Waals surface area (Å²) >= 11 is 0. The standard InChI is InChI=1S/C28H28F2N4O2/c1-16-23(31-21-11-6-12-34(14-13-33(2)3)28(36)24(16)21)15-19-25-17(7-5-10-22(25)32-27(19)35)18-8-4-9-20(29)26(18)30/h4-5,7-10,15,31H,6,11-14H2,1-3H3,(H,32,35)/b19-15-. The van der Waals surface area contributed by atoms with Gasteiger partial charge >= 0.3 is 0 Å². The second-order valence-electron chi connectivity index (χ2n) is 9.56. The molecule has 0 radical (unpaired) electrons. The number of hydrogen-bond donors (Lipinski definition) is 2. The van der Waals surface area contributed by atoms with E-state index in [1.165, 1.54) is 12.1 Å². The van der Waals surface area contributed by atoms with Crippen LogP contribution in [-0.2, 0) is 11.2 Å². The van der Waals surface area contributed by atoms with E-state index in [9.17, 15) is 18.4 Å². The van der Waals surface area contributed by atoms with Crippen LogP contribution < -0.4 is 5.32 Å². The summed E-state index contributed by atoms with van der Waals surface area (Å²) < 4.78 is 28.7. The van der Waals surface area contributed by atoms with E-state index in [1.807, 2.05) is 30.8 Å². The number of nitrogens with zero attached hydrogens (tertiary/aromatic N) is 2. The minimum atomic E-state index is -0.962. The fraction of sp³-hybridized carbons (Fsp3) is 0.286. The molecule has 2 aliphatic heterocycles. The number of amides is 2. The highest BCUT2D eigenvalue weighted by molar-refractivity contribution is 6.36. The van der Waals surface area contributed by atoms with Crippen LogP contribution in [0.1, 0.15) is 39.3 Å². The Hall–Kier alpha value is -3.78. The third-order valence-corrected chi connectivity index (χ3v) is 6.90. The van der Waals surface area contributed by atoms with Crippen LogP contribution in [0.5, 0.6) is 0 Å². The van der Waals surface area contributed by atoms with Crippen molar-refractivity contribution in [1.82, 2.24) is 14.8 Å². The number of benzene rings is 2. The molecule has 186 valence electrons. The van der Waals surface area contributed by atoms with Crippen molar-refractivity contribution in [3.8, 4) is 11.1 Å². The molecule has 6 nitrogen and oxygen atoms in total. The number of aryl methyl sites for hydroxylation is 1. The lowest BCUT2D eigenvalue weighted by molar-refractivity contribution is -0.110. The fourth-order valence-electron chi connectivity index (χ4n) is 5.01. The van der Waals surface area contributed by atoms with Crippen LogP contribution in [-0.4, -0.2) is 60.3 Å². The molecule has 2 N–H and O–H groups in total. The minimum Gasteiger partial charge on any atom is -0.358 e. The number of likely N-dealkylation sites (N-methyl/N-ethyl adjacent to an activating group) is 1. The summed E-state index contributed by atoms with van der Waals surface area (Å²) in [6.07, 6.45) is 3.28. The van der Waals surface area contributed by atoms with E-state index >= 15 is 0 Å². The quantitative estimate of drug-likeness (QED) is 0.509. The van der Waals surface area contributed by atoms with E-state index in [2.05, 4.69) is 10.3 Å². The molecule has 0 saturated carbocycles. The SMILES string of the molecule is Cc1c(/C=C2\C(=O)Nc3cccc(-c4cccc(F)c4F)c32)[nH]c2c1C(=O)N(CCN(C)C)CCC2. The van der Waals surface area contributed by atoms with E-state index < -0.39 is 11.6 Å². The molecule has 0 spiro atoms. The van der Waals surface area contributed by atoms with Gasteiger partial charge in [0.1, 0.15) is 0 Å². The average Bonchev–Trinajstić information content (AvgIpc) is 3.27. The van der Waals surface area contributed by atoms with Gasteiger partial charge in [-0.1, -0.05) is 24.3 Å². The fourth-order valence-corrected chi connectivity index (χ4v) is 5.01. The highest BCUT2D eigenvalue weighted by Gasteiger charge is 2.31. The number of rotatable bonds is 5. The van der Waals surface area contributed by atoms with E-state index in [0.717, 1.165) is 36.7 Å². The number of nitrogens with one attached hydrogen (secondary N) is 2. The molecule has 0 bridgehead atoms. The van der Waals surface area contributed by atoms with Crippen molar-refractivity contribution in [2.75, 3.05) is 39.0 Å². The van der Waals surface area contributed by atoms with Gasteiger partial charge in [-0.3, -0.25) is 9.59 Å². The molecule has 3 aromatic rings. The third-order valence-electron chi connectivity index (χ3n) is 6.90. The molecule has 5 rings (SSSR count). The predicted octanol–water partition coefficient (Wildman–Crippen LogP) is 4.71. The zero-order chi connectivity index (χ0) is 25.6. The average molecular weight is 491 g/mol. The van der Waals surface area contributed by atoms with Crippen LogP contribution in [0.3, 0.4) is 0 Å². The Kier molecular flexibility index (Phi) is 6.22. The Morgan fingerprint density at radius 1 is 1.06 bits per heavy atom. The molecule has 0 unspecified atom stereocenters. The molecule has 36 heavy (non-hydrogen) atoms. The molecule has 0 aliphatic carbocycles. The number of fused-ring (bicyclic) bond motifs is 2. The number of carbonyl (C=O) groups excluding carboxylic acids is 2. The monoisotopic (exact) mass is 490 g/mol. The molecule has 0 fully saturated rings. The second-order valence-corrected chi connectivity index (χ2v) is 9.56. The topological polar surface area (TPSA) is 68.4 Å². The molecular formula is C28H28F2N4O2. The normalized spacial score (nSPS) is 16.4. The van der Waals surface area contributed by atoms with Crippen molar-refractivity contribution >= 4 is 29.2 Å². The Morgan fingerprint density at radius 2 is 1.81 bits per heavy atom. The summed E-state index contributed by atoms with van der Waals surface area (Å²) in [4.78, 5) is 33.7. The van der Waals surface area contributed by atoms with E-state index in [0.29, 0.717) is 46.7 Å². The first-order valence-corrected chi connectivity index (χ1v) is 12.0. The third kappa shape index (κ3) is 4.11. The number of hydrogen-bond acceptors (Lipinski definition) is 3. The summed E-state index contributed by atoms with van der Waals surface area (Å²) in [5.74, 6) is -2.26. The summed E-state index contributed by atoms with van der Waals surface area (Å²) in [6, 6.07) is 9.12. The van der Waals surface area contributed by atoms with Gasteiger partial charge in [-0.15, -0.1) is 0 Å². The number of aromatic nitrogens is 1. The minimum absolute atomic E-state index is 0.0125. The summed E-state index contributed by atoms with van der Waals surface area (Å²) in [7, 11) is 3.96. The first-order chi connectivity index (χ1) is 17.3. The number of anilines is 1. The smallest absolute Gasteiger partial charge is 0.256 e. The molecule has 2 aliphatic rings. The van der Waals surface area contributed by atoms with E-state index in [4.69, 9.17) is 0 Å². The Balaban J connectivity index is 1.59. The van der Waals surface area contributed by atoms with Crippen molar-refractivity contribution in [2.24, 2.45) is 0 Å². The van der Waals surface area contributed by atoms with Gasteiger partial charge in [0.2, 0.25) is 0 Å². The van der Waals surface area contributed by atoms with Crippen LogP contribution in [0.2, 0.25) is 0 Å². The predicted molar refractivity (Wildman–Crippen MR) is 137 cm³/mol. The van der Waals surface area contributed by atoms with Gasteiger partial charge in [0, 0.05) is 47.8 Å². The number of aromatic amines is 1. The van der Waals surface area contributed by atoms with Crippen LogP contribution in [0.4, 0.5) is 14.5 Å². The lowest BCUT2D eigenvalue weighted by atomic mass is 9.93. The molecule has 1 aromatic heterocycles. The van der Waals surface area contributed by atoms with Crippen molar-refractivity contribution in [3.63, 3.8) is 0 Å². The molecule has 0 atom stereocenters. The van der Waals surface area contributed by atoms with E-state index in [1.54, 1.807) is 24.3 Å². The van der Waals surface area contributed by atoms with Gasteiger partial charge in [-0.25, -0.2) is 8.78 Å². The summed E-state index contributed by atoms with van der Waals surface area (Å²) in [5, 5.41) is 2.83. The van der Waals surface area contributed by atoms with Gasteiger partial charge in [0.25, 0.3) is 11.8 Å². The van der Waals surface area contributed by atoms with Gasteiger partial charge in [0.15, 0.2) is 11.6 Å². The first kappa shape index (κ1) is 23.9. The van der Waals surface area contributed by atoms with Crippen molar-refractivity contribution in [3.05, 3.63) is 76.1 Å². The highest BCUT2D eigenvalue weighted by Crippen LogP contribution is 2.42. The maximum atomic E-state index is 14.7. The highest BCUT2D eigenvalue weighted by atomic mass is 19.2. The first-order valence-electron chi connectivity index (χ1n) is 12.0. The van der Waals surface area contributed by atoms with Crippen molar-refractivity contribution in [1.29, 1.82) is 0 Å². The summed E-state index contributed by atoms with van der Waals surface area (Å²) in [6.45, 7) is 3.99. The zero-order valence-corrected chi connectivity index (χ0v) is 20.5. The van der Waals surface area contributed by atoms with Crippen LogP contribution >= 0.6 is 0 Å². The molecule has 2 aromatic carbocycles. The van der Waals surface area contributed by atoms with Crippen LogP contribution in [0.25, 0.3) is 22.8 Å². The maximum Gasteiger partial charge on any atom is 0.256 e. The van der Waals surface area contributed by atoms with Gasteiger partial charge in [0.05, 0.1) is 11.1 Å². The van der Waals surface area contributed by atoms with Gasteiger partial charge < -0.3 is 20.1 Å². The van der Waals surface area contributed by atoms with Gasteiger partial charge in [-0.2, -0.15) is 0 Å². The Labute approximate surface area is 208 Å². The number of H-pyrrole nitrogens is 1. The van der Waals surface area contributed by atoms with Gasteiger partial charge in [-0.05, 0) is 63.2 Å². The van der Waals surface area contributed by atoms with Crippen molar-refractivity contribution < 1.29 is 18.4 Å². The molecular weight excluding hydrogens is 462 g/mol. The van der Waals surface area contributed by atoms with Crippen molar-refractivity contribution in [2.45, 2.75) is 19.8 Å². The second kappa shape index (κ2) is 9.35. The Bertz CT molecular complexity index is 1410. The van der Waals surface area contributed by atoms with Crippen LogP contribution in [0.15, 0.2) is 36.4 Å². The van der Waals surface area contributed by atoms with Crippen LogP contribution in [0, 0.1) is 18.6 Å². The molecule has 2 amide bonds.